The van der Waals surface area contributed by atoms with Gasteiger partial charge in [0.15, 0.2) is 0 Å². The third kappa shape index (κ3) is 4.45. The van der Waals surface area contributed by atoms with Gasteiger partial charge in [-0.1, -0.05) is 30.3 Å². The zero-order valence-electron chi connectivity index (χ0n) is 13.6. The van der Waals surface area contributed by atoms with Crippen molar-refractivity contribution in [1.82, 2.24) is 9.80 Å². The number of ether oxygens (including phenoxy) is 1. The number of hydrogen-bond donors (Lipinski definition) is 1. The molecule has 0 unspecified atom stereocenters. The molecule has 1 amide bonds. The molecule has 0 saturated carbocycles. The van der Waals surface area contributed by atoms with Gasteiger partial charge in [0.1, 0.15) is 6.61 Å². The van der Waals surface area contributed by atoms with Crippen LogP contribution >= 0.6 is 0 Å². The second-order valence-electron chi connectivity index (χ2n) is 6.55. The second kappa shape index (κ2) is 7.79. The number of amides is 1. The molecule has 5 nitrogen and oxygen atoms in total. The van der Waals surface area contributed by atoms with Crippen LogP contribution in [0.1, 0.15) is 31.2 Å². The van der Waals surface area contributed by atoms with Gasteiger partial charge in [-0.2, -0.15) is 0 Å². The fourth-order valence-corrected chi connectivity index (χ4v) is 3.48. The smallest absolute Gasteiger partial charge is 0.410 e. The first-order valence-electron chi connectivity index (χ1n) is 8.60. The maximum Gasteiger partial charge on any atom is 0.410 e. The highest BCUT2D eigenvalue weighted by Crippen LogP contribution is 2.21. The minimum Gasteiger partial charge on any atom is -0.445 e. The van der Waals surface area contributed by atoms with Crippen LogP contribution in [0.2, 0.25) is 0 Å². The summed E-state index contributed by atoms with van der Waals surface area (Å²) in [7, 11) is 0. The van der Waals surface area contributed by atoms with Crippen LogP contribution in [-0.2, 0) is 11.3 Å². The van der Waals surface area contributed by atoms with Crippen molar-refractivity contribution in [3.63, 3.8) is 0 Å². The number of benzene rings is 1. The fraction of sp³-hybridized carbons (Fsp3) is 0.611. The molecular weight excluding hydrogens is 292 g/mol. The van der Waals surface area contributed by atoms with E-state index in [2.05, 4.69) is 4.90 Å². The number of hydrogen-bond acceptors (Lipinski definition) is 4. The lowest BCUT2D eigenvalue weighted by atomic mass is 10.00. The molecular formula is C18H26N2O3. The average molecular weight is 318 g/mol. The van der Waals surface area contributed by atoms with Crippen molar-refractivity contribution in [1.29, 1.82) is 0 Å². The Hall–Kier alpha value is -1.59. The quantitative estimate of drug-likeness (QED) is 0.929. The van der Waals surface area contributed by atoms with Crippen LogP contribution in [0.15, 0.2) is 30.3 Å². The van der Waals surface area contributed by atoms with Crippen molar-refractivity contribution in [2.24, 2.45) is 0 Å². The summed E-state index contributed by atoms with van der Waals surface area (Å²) in [6.45, 7) is 3.71. The van der Waals surface area contributed by atoms with E-state index < -0.39 is 0 Å². The van der Waals surface area contributed by atoms with E-state index in [4.69, 9.17) is 4.74 Å². The lowest BCUT2D eigenvalue weighted by molar-refractivity contribution is 0.0274. The van der Waals surface area contributed by atoms with E-state index in [1.807, 2.05) is 35.2 Å². The Kier molecular flexibility index (Phi) is 5.51. The molecule has 0 aliphatic carbocycles. The molecule has 0 aromatic heterocycles. The Morgan fingerprint density at radius 1 is 1.13 bits per heavy atom. The number of carbonyl (C=O) groups is 1. The third-order valence-corrected chi connectivity index (χ3v) is 4.88. The van der Waals surface area contributed by atoms with Gasteiger partial charge in [-0.15, -0.1) is 0 Å². The molecule has 3 rings (SSSR count). The molecule has 23 heavy (non-hydrogen) atoms. The predicted molar refractivity (Wildman–Crippen MR) is 88.0 cm³/mol. The molecule has 1 aromatic rings. The summed E-state index contributed by atoms with van der Waals surface area (Å²) in [6.07, 6.45) is 3.46. The number of piperidine rings is 2. The van der Waals surface area contributed by atoms with Gasteiger partial charge in [0.25, 0.3) is 0 Å². The van der Waals surface area contributed by atoms with Crippen molar-refractivity contribution < 1.29 is 14.6 Å². The third-order valence-electron chi connectivity index (χ3n) is 4.88. The van der Waals surface area contributed by atoms with Crippen molar-refractivity contribution in [3.05, 3.63) is 35.9 Å². The summed E-state index contributed by atoms with van der Waals surface area (Å²) in [6, 6.07) is 10.2. The fourth-order valence-electron chi connectivity index (χ4n) is 3.48. The van der Waals surface area contributed by atoms with Crippen LogP contribution in [-0.4, -0.2) is 59.3 Å². The number of carbonyl (C=O) groups excluding carboxylic acids is 1. The number of aliphatic hydroxyl groups is 1. The van der Waals surface area contributed by atoms with Crippen molar-refractivity contribution in [2.75, 3.05) is 26.2 Å². The van der Waals surface area contributed by atoms with Crippen LogP contribution < -0.4 is 0 Å². The minimum atomic E-state index is -0.212. The van der Waals surface area contributed by atoms with Gasteiger partial charge in [0, 0.05) is 32.2 Å². The molecule has 1 atom stereocenters. The number of nitrogens with zero attached hydrogens (tertiary/aromatic N) is 2. The van der Waals surface area contributed by atoms with Gasteiger partial charge in [-0.05, 0) is 31.2 Å². The largest absolute Gasteiger partial charge is 0.445 e. The average Bonchev–Trinajstić information content (AvgIpc) is 2.61. The van der Waals surface area contributed by atoms with Gasteiger partial charge in [0.2, 0.25) is 0 Å². The van der Waals surface area contributed by atoms with Gasteiger partial charge < -0.3 is 14.7 Å². The normalized spacial score (nSPS) is 23.7. The minimum absolute atomic E-state index is 0.151. The Balaban J connectivity index is 1.48. The van der Waals surface area contributed by atoms with Crippen LogP contribution in [0, 0.1) is 0 Å². The highest BCUT2D eigenvalue weighted by Gasteiger charge is 2.30. The number of rotatable bonds is 3. The van der Waals surface area contributed by atoms with E-state index in [9.17, 15) is 9.90 Å². The summed E-state index contributed by atoms with van der Waals surface area (Å²) >= 11 is 0. The molecule has 126 valence electrons. The van der Waals surface area contributed by atoms with Crippen LogP contribution in [0.4, 0.5) is 4.79 Å². The lowest BCUT2D eigenvalue weighted by Gasteiger charge is -2.41. The summed E-state index contributed by atoms with van der Waals surface area (Å²) in [5, 5.41) is 9.63. The first-order valence-corrected chi connectivity index (χ1v) is 8.60. The van der Waals surface area contributed by atoms with Crippen molar-refractivity contribution in [2.45, 2.75) is 44.4 Å². The van der Waals surface area contributed by atoms with Crippen LogP contribution in [0.5, 0.6) is 0 Å². The number of aliphatic hydroxyl groups excluding tert-OH is 1. The molecule has 1 N–H and O–H groups in total. The monoisotopic (exact) mass is 318 g/mol. The van der Waals surface area contributed by atoms with E-state index in [-0.39, 0.29) is 12.2 Å². The van der Waals surface area contributed by atoms with Crippen LogP contribution in [0.3, 0.4) is 0 Å². The second-order valence-corrected chi connectivity index (χ2v) is 6.55. The van der Waals surface area contributed by atoms with Crippen molar-refractivity contribution in [3.8, 4) is 0 Å². The first-order chi connectivity index (χ1) is 11.2. The molecule has 2 aliphatic heterocycles. The maximum atomic E-state index is 12.3. The summed E-state index contributed by atoms with van der Waals surface area (Å²) in [4.78, 5) is 16.6. The highest BCUT2D eigenvalue weighted by molar-refractivity contribution is 5.67. The Labute approximate surface area is 137 Å². The SMILES string of the molecule is O=C(OCc1ccccc1)N1CCC[C@H](N2CCC(O)CC2)C1. The molecule has 2 heterocycles. The summed E-state index contributed by atoms with van der Waals surface area (Å²) in [5.41, 5.74) is 1.01. The van der Waals surface area contributed by atoms with Gasteiger partial charge in [-0.25, -0.2) is 4.79 Å². The van der Waals surface area contributed by atoms with Gasteiger partial charge in [0.05, 0.1) is 6.10 Å². The molecule has 2 aliphatic rings. The number of likely N-dealkylation sites (tertiary alicyclic amines) is 2. The van der Waals surface area contributed by atoms with E-state index >= 15 is 0 Å². The van der Waals surface area contributed by atoms with Gasteiger partial charge in [-0.3, -0.25) is 4.90 Å². The Bertz CT molecular complexity index is 500. The molecule has 2 saturated heterocycles. The van der Waals surface area contributed by atoms with Crippen LogP contribution in [0.25, 0.3) is 0 Å². The predicted octanol–water partition coefficient (Wildman–Crippen LogP) is 2.24. The van der Waals surface area contributed by atoms with E-state index in [1.54, 1.807) is 0 Å². The lowest BCUT2D eigenvalue weighted by Crippen LogP contribution is -2.52. The Morgan fingerprint density at radius 3 is 2.61 bits per heavy atom. The van der Waals surface area contributed by atoms with Crippen molar-refractivity contribution >= 4 is 6.09 Å². The Morgan fingerprint density at radius 2 is 1.87 bits per heavy atom. The van der Waals surface area contributed by atoms with E-state index in [0.717, 1.165) is 57.4 Å². The summed E-state index contributed by atoms with van der Waals surface area (Å²) < 4.78 is 5.45. The summed E-state index contributed by atoms with van der Waals surface area (Å²) in [5.74, 6) is 0. The molecule has 2 fully saturated rings. The molecule has 0 bridgehead atoms. The van der Waals surface area contributed by atoms with E-state index in [1.165, 1.54) is 0 Å². The molecule has 0 radical (unpaired) electrons. The van der Waals surface area contributed by atoms with Gasteiger partial charge >= 0.3 is 6.09 Å². The standard InChI is InChI=1S/C18H26N2O3/c21-17-8-11-19(12-9-17)16-7-4-10-20(13-16)18(22)23-14-15-5-2-1-3-6-15/h1-3,5-6,16-17,21H,4,7-14H2/t16-/m0/s1. The molecule has 5 heteroatoms. The zero-order chi connectivity index (χ0) is 16.1. The zero-order valence-corrected chi connectivity index (χ0v) is 13.6. The first kappa shape index (κ1) is 16.3. The van der Waals surface area contributed by atoms with E-state index in [0.29, 0.717) is 12.6 Å². The maximum absolute atomic E-state index is 12.3. The molecule has 1 aromatic carbocycles. The topological polar surface area (TPSA) is 53.0 Å². The molecule has 0 spiro atoms. The highest BCUT2D eigenvalue weighted by atomic mass is 16.6.